The normalized spacial score (nSPS) is 19.0. The van der Waals surface area contributed by atoms with Gasteiger partial charge in [-0.1, -0.05) is 37.3 Å². The molecule has 1 fully saturated rings. The van der Waals surface area contributed by atoms with Gasteiger partial charge in [-0.2, -0.15) is 22.5 Å². The maximum absolute atomic E-state index is 12.6. The van der Waals surface area contributed by atoms with E-state index in [-0.39, 0.29) is 6.54 Å². The molecule has 6 nitrogen and oxygen atoms in total. The van der Waals surface area contributed by atoms with Crippen LogP contribution < -0.4 is 4.72 Å². The fraction of sp³-hybridized carbons (Fsp3) is 0.526. The minimum Gasteiger partial charge on any atom is -0.265 e. The van der Waals surface area contributed by atoms with E-state index in [1.165, 1.54) is 5.56 Å². The Morgan fingerprint density at radius 3 is 2.65 bits per heavy atom. The SMILES string of the molecule is Cc1nn(Cc2ccccc2)c(C)c1CNS(=O)(=O)N1CCCC(C)C1. The first-order chi connectivity index (χ1) is 12.4. The molecule has 1 unspecified atom stereocenters. The molecule has 0 amide bonds. The molecule has 7 heteroatoms. The van der Waals surface area contributed by atoms with E-state index in [0.29, 0.717) is 25.6 Å². The van der Waals surface area contributed by atoms with Gasteiger partial charge in [0.05, 0.1) is 12.2 Å². The molecule has 142 valence electrons. The molecule has 0 spiro atoms. The molecular weight excluding hydrogens is 348 g/mol. The molecule has 0 aliphatic carbocycles. The number of hydrogen-bond acceptors (Lipinski definition) is 3. The number of hydrogen-bond donors (Lipinski definition) is 1. The van der Waals surface area contributed by atoms with Crippen molar-refractivity contribution in [1.29, 1.82) is 0 Å². The third kappa shape index (κ3) is 4.34. The van der Waals surface area contributed by atoms with Gasteiger partial charge in [0, 0.05) is 30.9 Å². The van der Waals surface area contributed by atoms with E-state index in [1.54, 1.807) is 4.31 Å². The van der Waals surface area contributed by atoms with Crippen LogP contribution in [0.3, 0.4) is 0 Å². The van der Waals surface area contributed by atoms with Crippen molar-refractivity contribution in [3.05, 3.63) is 52.8 Å². The molecule has 1 aliphatic heterocycles. The van der Waals surface area contributed by atoms with Crippen LogP contribution in [-0.2, 0) is 23.3 Å². The van der Waals surface area contributed by atoms with Gasteiger partial charge in [-0.15, -0.1) is 0 Å². The fourth-order valence-corrected chi connectivity index (χ4v) is 4.85. The van der Waals surface area contributed by atoms with Crippen molar-refractivity contribution in [3.63, 3.8) is 0 Å². The van der Waals surface area contributed by atoms with Crippen LogP contribution in [0.25, 0.3) is 0 Å². The highest BCUT2D eigenvalue weighted by Gasteiger charge is 2.27. The van der Waals surface area contributed by atoms with Crippen molar-refractivity contribution in [3.8, 4) is 0 Å². The Labute approximate surface area is 156 Å². The highest BCUT2D eigenvalue weighted by atomic mass is 32.2. The predicted octanol–water partition coefficient (Wildman–Crippen LogP) is 2.61. The Hall–Kier alpha value is -1.70. The van der Waals surface area contributed by atoms with E-state index in [0.717, 1.165) is 29.8 Å². The lowest BCUT2D eigenvalue weighted by molar-refractivity contribution is 0.278. The van der Waals surface area contributed by atoms with Gasteiger partial charge in [-0.3, -0.25) is 4.68 Å². The first-order valence-electron chi connectivity index (χ1n) is 9.18. The van der Waals surface area contributed by atoms with Crippen molar-refractivity contribution >= 4 is 10.2 Å². The number of benzene rings is 1. The molecule has 2 heterocycles. The number of piperidine rings is 1. The molecule has 3 rings (SSSR count). The maximum atomic E-state index is 12.6. The number of aromatic nitrogens is 2. The molecule has 1 aromatic carbocycles. The minimum absolute atomic E-state index is 0.277. The monoisotopic (exact) mass is 376 g/mol. The van der Waals surface area contributed by atoms with E-state index in [9.17, 15) is 8.42 Å². The standard InChI is InChI=1S/C19H28N4O2S/c1-15-8-7-11-22(13-15)26(24,25)20-12-19-16(2)21-23(17(19)3)14-18-9-5-4-6-10-18/h4-6,9-10,15,20H,7-8,11-14H2,1-3H3. The zero-order valence-corrected chi connectivity index (χ0v) is 16.6. The molecule has 1 N–H and O–H groups in total. The summed E-state index contributed by atoms with van der Waals surface area (Å²) in [6.07, 6.45) is 2.02. The molecule has 1 aromatic heterocycles. The second kappa shape index (κ2) is 7.90. The Kier molecular flexibility index (Phi) is 5.79. The van der Waals surface area contributed by atoms with Gasteiger partial charge in [-0.05, 0) is 38.2 Å². The van der Waals surface area contributed by atoms with Crippen molar-refractivity contribution in [2.45, 2.75) is 46.7 Å². The van der Waals surface area contributed by atoms with Crippen molar-refractivity contribution in [1.82, 2.24) is 18.8 Å². The summed E-state index contributed by atoms with van der Waals surface area (Å²) >= 11 is 0. The zero-order valence-electron chi connectivity index (χ0n) is 15.8. The van der Waals surface area contributed by atoms with Gasteiger partial charge in [0.1, 0.15) is 0 Å². The molecule has 0 saturated carbocycles. The van der Waals surface area contributed by atoms with E-state index in [2.05, 4.69) is 28.9 Å². The predicted molar refractivity (Wildman–Crippen MR) is 103 cm³/mol. The Balaban J connectivity index is 1.70. The van der Waals surface area contributed by atoms with Gasteiger partial charge >= 0.3 is 0 Å². The largest absolute Gasteiger partial charge is 0.279 e. The Morgan fingerprint density at radius 1 is 1.23 bits per heavy atom. The highest BCUT2D eigenvalue weighted by molar-refractivity contribution is 7.87. The second-order valence-corrected chi connectivity index (χ2v) is 8.98. The van der Waals surface area contributed by atoms with E-state index in [4.69, 9.17) is 0 Å². The molecule has 0 radical (unpaired) electrons. The average molecular weight is 377 g/mol. The summed E-state index contributed by atoms with van der Waals surface area (Å²) in [5.74, 6) is 0.414. The first-order valence-corrected chi connectivity index (χ1v) is 10.6. The van der Waals surface area contributed by atoms with Crippen LogP contribution in [0.1, 0.15) is 42.3 Å². The smallest absolute Gasteiger partial charge is 0.265 e. The summed E-state index contributed by atoms with van der Waals surface area (Å²) in [7, 11) is -3.45. The van der Waals surface area contributed by atoms with E-state index < -0.39 is 10.2 Å². The van der Waals surface area contributed by atoms with Crippen molar-refractivity contribution in [2.24, 2.45) is 5.92 Å². The third-order valence-corrected chi connectivity index (χ3v) is 6.62. The Morgan fingerprint density at radius 2 is 1.96 bits per heavy atom. The van der Waals surface area contributed by atoms with Crippen LogP contribution in [0.15, 0.2) is 30.3 Å². The lowest BCUT2D eigenvalue weighted by Gasteiger charge is -2.30. The van der Waals surface area contributed by atoms with Crippen LogP contribution in [0.5, 0.6) is 0 Å². The van der Waals surface area contributed by atoms with Gasteiger partial charge in [0.15, 0.2) is 0 Å². The second-order valence-electron chi connectivity index (χ2n) is 7.22. The zero-order chi connectivity index (χ0) is 18.7. The molecule has 26 heavy (non-hydrogen) atoms. The van der Waals surface area contributed by atoms with Crippen LogP contribution in [0.2, 0.25) is 0 Å². The lowest BCUT2D eigenvalue weighted by Crippen LogP contribution is -2.45. The van der Waals surface area contributed by atoms with Crippen LogP contribution in [0.4, 0.5) is 0 Å². The number of nitrogens with one attached hydrogen (secondary N) is 1. The number of aryl methyl sites for hydroxylation is 1. The summed E-state index contributed by atoms with van der Waals surface area (Å²) < 4.78 is 31.5. The number of rotatable bonds is 6. The summed E-state index contributed by atoms with van der Waals surface area (Å²) in [6, 6.07) is 10.1. The third-order valence-electron chi connectivity index (χ3n) is 5.10. The summed E-state index contributed by atoms with van der Waals surface area (Å²) in [6.45, 7) is 8.19. The topological polar surface area (TPSA) is 67.2 Å². The molecule has 1 atom stereocenters. The minimum atomic E-state index is -3.45. The summed E-state index contributed by atoms with van der Waals surface area (Å²) in [5.41, 5.74) is 4.00. The van der Waals surface area contributed by atoms with Gasteiger partial charge in [-0.25, -0.2) is 0 Å². The fourth-order valence-electron chi connectivity index (χ4n) is 3.52. The van der Waals surface area contributed by atoms with Gasteiger partial charge < -0.3 is 0 Å². The number of nitrogens with zero attached hydrogens (tertiary/aromatic N) is 3. The van der Waals surface area contributed by atoms with E-state index in [1.807, 2.05) is 36.7 Å². The quantitative estimate of drug-likeness (QED) is 0.843. The lowest BCUT2D eigenvalue weighted by atomic mass is 10.0. The first kappa shape index (κ1) is 19.1. The van der Waals surface area contributed by atoms with Crippen molar-refractivity contribution < 1.29 is 8.42 Å². The molecular formula is C19H28N4O2S. The van der Waals surface area contributed by atoms with Crippen LogP contribution in [0, 0.1) is 19.8 Å². The van der Waals surface area contributed by atoms with E-state index >= 15 is 0 Å². The molecule has 1 saturated heterocycles. The molecule has 0 bridgehead atoms. The summed E-state index contributed by atoms with van der Waals surface area (Å²) in [5, 5.41) is 4.60. The Bertz CT molecular complexity index is 846. The molecule has 2 aromatic rings. The van der Waals surface area contributed by atoms with Crippen LogP contribution in [-0.4, -0.2) is 35.6 Å². The molecule has 1 aliphatic rings. The van der Waals surface area contributed by atoms with Crippen LogP contribution >= 0.6 is 0 Å². The maximum Gasteiger partial charge on any atom is 0.279 e. The van der Waals surface area contributed by atoms with Gasteiger partial charge in [0.25, 0.3) is 10.2 Å². The average Bonchev–Trinajstić information content (AvgIpc) is 2.87. The summed E-state index contributed by atoms with van der Waals surface area (Å²) in [4.78, 5) is 0. The highest BCUT2D eigenvalue weighted by Crippen LogP contribution is 2.19. The van der Waals surface area contributed by atoms with Crippen molar-refractivity contribution in [2.75, 3.05) is 13.1 Å². The van der Waals surface area contributed by atoms with Gasteiger partial charge in [0.2, 0.25) is 0 Å².